The fraction of sp³-hybridized carbons (Fsp3) is 0.143. The van der Waals surface area contributed by atoms with E-state index >= 15 is 0 Å². The Morgan fingerprint density at radius 3 is 2.41 bits per heavy atom. The highest BCUT2D eigenvalue weighted by molar-refractivity contribution is 7.89. The Bertz CT molecular complexity index is 1520. The zero-order chi connectivity index (χ0) is 26.3. The minimum absolute atomic E-state index is 0.0238. The third-order valence-electron chi connectivity index (χ3n) is 5.73. The van der Waals surface area contributed by atoms with Crippen molar-refractivity contribution < 1.29 is 22.7 Å². The van der Waals surface area contributed by atoms with Gasteiger partial charge in [0.15, 0.2) is 0 Å². The number of rotatable bonds is 10. The molecule has 0 aliphatic carbocycles. The lowest BCUT2D eigenvalue weighted by Crippen LogP contribution is -2.39. The average molecular weight is 518 g/mol. The van der Waals surface area contributed by atoms with Crippen LogP contribution in [-0.4, -0.2) is 45.6 Å². The molecule has 4 aromatic carbocycles. The molecule has 0 atom stereocenters. The average Bonchev–Trinajstić information content (AvgIpc) is 2.93. The lowest BCUT2D eigenvalue weighted by molar-refractivity contribution is -0.121. The van der Waals surface area contributed by atoms with Gasteiger partial charge < -0.3 is 9.47 Å². The number of sulfonamides is 1. The first kappa shape index (κ1) is 25.9. The molecule has 4 aromatic rings. The van der Waals surface area contributed by atoms with Gasteiger partial charge in [0.1, 0.15) is 16.4 Å². The Hall–Kier alpha value is -4.21. The summed E-state index contributed by atoms with van der Waals surface area (Å²) in [7, 11) is -1.33. The minimum atomic E-state index is -4.16. The molecule has 1 N–H and O–H groups in total. The van der Waals surface area contributed by atoms with E-state index in [1.807, 2.05) is 48.5 Å². The van der Waals surface area contributed by atoms with Crippen molar-refractivity contribution in [1.29, 1.82) is 0 Å². The molecule has 8 nitrogen and oxygen atoms in total. The van der Waals surface area contributed by atoms with Crippen LogP contribution in [0, 0.1) is 0 Å². The van der Waals surface area contributed by atoms with Crippen LogP contribution in [0.3, 0.4) is 0 Å². The van der Waals surface area contributed by atoms with Crippen molar-refractivity contribution >= 4 is 32.9 Å². The van der Waals surface area contributed by atoms with Gasteiger partial charge in [0.05, 0.1) is 27.0 Å². The minimum Gasteiger partial charge on any atom is -0.497 e. The second-order valence-corrected chi connectivity index (χ2v) is 10.0. The first-order valence-electron chi connectivity index (χ1n) is 11.5. The van der Waals surface area contributed by atoms with Crippen LogP contribution >= 0.6 is 0 Å². The maximum absolute atomic E-state index is 13.7. The van der Waals surface area contributed by atoms with Gasteiger partial charge in [0.2, 0.25) is 10.0 Å². The number of hydrogen-bond acceptors (Lipinski definition) is 6. The van der Waals surface area contributed by atoms with Crippen LogP contribution in [0.2, 0.25) is 0 Å². The molecule has 0 saturated heterocycles. The Morgan fingerprint density at radius 2 is 1.65 bits per heavy atom. The molecule has 0 aliphatic heterocycles. The molecule has 0 spiro atoms. The standard InChI is InChI=1S/C28H27N3O5S/c1-35-24-15-16-26(36-2)27(17-24)37(33,34)31(19-21-9-4-3-5-10-21)20-28(32)30-29-18-23-13-8-12-22-11-6-7-14-25(22)23/h3-18H,19-20H2,1-2H3,(H,30,32)/b29-18+. The van der Waals surface area contributed by atoms with Crippen LogP contribution in [0.1, 0.15) is 11.1 Å². The first-order valence-corrected chi connectivity index (χ1v) is 12.9. The van der Waals surface area contributed by atoms with Crippen molar-refractivity contribution in [2.75, 3.05) is 20.8 Å². The number of ether oxygens (including phenoxy) is 2. The summed E-state index contributed by atoms with van der Waals surface area (Å²) in [4.78, 5) is 12.8. The van der Waals surface area contributed by atoms with Crippen LogP contribution in [-0.2, 0) is 21.4 Å². The molecule has 0 aromatic heterocycles. The van der Waals surface area contributed by atoms with E-state index in [0.29, 0.717) is 5.75 Å². The highest BCUT2D eigenvalue weighted by atomic mass is 32.2. The second-order valence-electron chi connectivity index (χ2n) is 8.14. The van der Waals surface area contributed by atoms with E-state index in [-0.39, 0.29) is 17.2 Å². The van der Waals surface area contributed by atoms with Crippen molar-refractivity contribution in [1.82, 2.24) is 9.73 Å². The normalized spacial score (nSPS) is 11.6. The molecular weight excluding hydrogens is 490 g/mol. The smallest absolute Gasteiger partial charge is 0.255 e. The van der Waals surface area contributed by atoms with E-state index in [1.54, 1.807) is 36.5 Å². The lowest BCUT2D eigenvalue weighted by Gasteiger charge is -2.23. The molecule has 1 amide bonds. The van der Waals surface area contributed by atoms with Crippen LogP contribution in [0.25, 0.3) is 10.8 Å². The fourth-order valence-electron chi connectivity index (χ4n) is 3.87. The second kappa shape index (κ2) is 11.7. The molecule has 9 heteroatoms. The molecule has 37 heavy (non-hydrogen) atoms. The van der Waals surface area contributed by atoms with E-state index in [4.69, 9.17) is 9.47 Å². The van der Waals surface area contributed by atoms with Crippen molar-refractivity contribution in [3.63, 3.8) is 0 Å². The van der Waals surface area contributed by atoms with Gasteiger partial charge in [-0.25, -0.2) is 13.8 Å². The summed E-state index contributed by atoms with van der Waals surface area (Å²) >= 11 is 0. The fourth-order valence-corrected chi connectivity index (χ4v) is 5.43. The maximum Gasteiger partial charge on any atom is 0.255 e. The number of carbonyl (C=O) groups excluding carboxylic acids is 1. The predicted molar refractivity (Wildman–Crippen MR) is 143 cm³/mol. The van der Waals surface area contributed by atoms with E-state index in [1.165, 1.54) is 26.4 Å². The number of methoxy groups -OCH3 is 2. The Kier molecular flexibility index (Phi) is 8.17. The van der Waals surface area contributed by atoms with Crippen LogP contribution in [0.5, 0.6) is 11.5 Å². The van der Waals surface area contributed by atoms with E-state index in [2.05, 4.69) is 10.5 Å². The van der Waals surface area contributed by atoms with Crippen molar-refractivity contribution in [3.8, 4) is 11.5 Å². The van der Waals surface area contributed by atoms with E-state index in [9.17, 15) is 13.2 Å². The van der Waals surface area contributed by atoms with Crippen molar-refractivity contribution in [2.24, 2.45) is 5.10 Å². The number of hydrazone groups is 1. The van der Waals surface area contributed by atoms with E-state index in [0.717, 1.165) is 26.2 Å². The van der Waals surface area contributed by atoms with Gasteiger partial charge in [-0.2, -0.15) is 9.41 Å². The first-order chi connectivity index (χ1) is 17.9. The molecule has 0 fully saturated rings. The van der Waals surface area contributed by atoms with Gasteiger partial charge in [-0.1, -0.05) is 72.8 Å². The monoisotopic (exact) mass is 517 g/mol. The van der Waals surface area contributed by atoms with Gasteiger partial charge in [0, 0.05) is 18.2 Å². The van der Waals surface area contributed by atoms with Gasteiger partial charge >= 0.3 is 0 Å². The summed E-state index contributed by atoms with van der Waals surface area (Å²) in [5.41, 5.74) is 4.00. The SMILES string of the molecule is COc1ccc(OC)c(S(=O)(=O)N(CC(=O)N/N=C/c2cccc3ccccc23)Cc2ccccc2)c1. The number of carbonyl (C=O) groups is 1. The highest BCUT2D eigenvalue weighted by Gasteiger charge is 2.30. The van der Waals surface area contributed by atoms with Gasteiger partial charge in [-0.15, -0.1) is 0 Å². The number of amides is 1. The summed E-state index contributed by atoms with van der Waals surface area (Å²) in [6.07, 6.45) is 1.54. The quantitative estimate of drug-likeness (QED) is 0.251. The maximum atomic E-state index is 13.7. The molecule has 0 bridgehead atoms. The molecule has 4 rings (SSSR count). The summed E-state index contributed by atoms with van der Waals surface area (Å²) in [5, 5.41) is 6.11. The third kappa shape index (κ3) is 6.14. The molecular formula is C28H27N3O5S. The van der Waals surface area contributed by atoms with Gasteiger partial charge in [-0.05, 0) is 28.5 Å². The largest absolute Gasteiger partial charge is 0.497 e. The molecule has 0 radical (unpaired) electrons. The van der Waals surface area contributed by atoms with Crippen molar-refractivity contribution in [3.05, 3.63) is 102 Å². The molecule has 0 aliphatic rings. The zero-order valence-corrected chi connectivity index (χ0v) is 21.3. The number of fused-ring (bicyclic) bond motifs is 1. The van der Waals surface area contributed by atoms with Crippen LogP contribution in [0.15, 0.2) is 101 Å². The number of benzene rings is 4. The third-order valence-corrected chi connectivity index (χ3v) is 7.54. The summed E-state index contributed by atoms with van der Waals surface area (Å²) in [6.45, 7) is -0.478. The van der Waals surface area contributed by atoms with Crippen molar-refractivity contribution in [2.45, 2.75) is 11.4 Å². The van der Waals surface area contributed by atoms with Crippen LogP contribution in [0.4, 0.5) is 0 Å². The topological polar surface area (TPSA) is 97.3 Å². The van der Waals surface area contributed by atoms with Gasteiger partial charge in [-0.3, -0.25) is 4.79 Å². The Balaban J connectivity index is 1.59. The van der Waals surface area contributed by atoms with E-state index < -0.39 is 22.5 Å². The summed E-state index contributed by atoms with van der Waals surface area (Å²) < 4.78 is 39.1. The predicted octanol–water partition coefficient (Wildman–Crippen LogP) is 4.20. The molecule has 190 valence electrons. The zero-order valence-electron chi connectivity index (χ0n) is 20.5. The molecule has 0 saturated carbocycles. The van der Waals surface area contributed by atoms with Gasteiger partial charge in [0.25, 0.3) is 5.91 Å². The summed E-state index contributed by atoms with van der Waals surface area (Å²) in [6, 6.07) is 27.1. The number of hydrogen-bond donors (Lipinski definition) is 1. The summed E-state index contributed by atoms with van der Waals surface area (Å²) in [5.74, 6) is -0.0886. The van der Waals surface area contributed by atoms with Crippen LogP contribution < -0.4 is 14.9 Å². The Morgan fingerprint density at radius 1 is 0.919 bits per heavy atom. The number of nitrogens with zero attached hydrogens (tertiary/aromatic N) is 2. The lowest BCUT2D eigenvalue weighted by atomic mass is 10.1. The molecule has 0 heterocycles. The number of nitrogens with one attached hydrogen (secondary N) is 1. The Labute approximate surface area is 216 Å². The highest BCUT2D eigenvalue weighted by Crippen LogP contribution is 2.31. The molecule has 0 unspecified atom stereocenters.